The van der Waals surface area contributed by atoms with Crippen molar-refractivity contribution in [1.29, 1.82) is 0 Å². The van der Waals surface area contributed by atoms with Crippen LogP contribution in [0.5, 0.6) is 0 Å². The van der Waals surface area contributed by atoms with Crippen molar-refractivity contribution in [3.63, 3.8) is 0 Å². The van der Waals surface area contributed by atoms with Crippen molar-refractivity contribution in [2.75, 3.05) is 19.3 Å². The van der Waals surface area contributed by atoms with Crippen molar-refractivity contribution in [3.8, 4) is 0 Å². The lowest BCUT2D eigenvalue weighted by Crippen LogP contribution is -2.52. The maximum Gasteiger partial charge on any atom is 0.0281 e. The van der Waals surface area contributed by atoms with Gasteiger partial charge in [0.1, 0.15) is 0 Å². The Morgan fingerprint density at radius 3 is 2.58 bits per heavy atom. The summed E-state index contributed by atoms with van der Waals surface area (Å²) >= 11 is 2.10. The molecule has 0 amide bonds. The molecule has 0 aromatic carbocycles. The first-order valence-corrected chi connectivity index (χ1v) is 9.57. The summed E-state index contributed by atoms with van der Waals surface area (Å²) < 4.78 is 0.588. The normalized spacial score (nSPS) is 38.1. The van der Waals surface area contributed by atoms with Gasteiger partial charge in [0.05, 0.1) is 0 Å². The molecular formula is C16H30N2S. The monoisotopic (exact) mass is 282 g/mol. The Morgan fingerprint density at radius 1 is 1.11 bits per heavy atom. The molecule has 0 aromatic rings. The zero-order valence-corrected chi connectivity index (χ0v) is 13.2. The van der Waals surface area contributed by atoms with Gasteiger partial charge >= 0.3 is 0 Å². The first-order chi connectivity index (χ1) is 9.33. The minimum Gasteiger partial charge on any atom is -0.314 e. The van der Waals surface area contributed by atoms with Gasteiger partial charge in [-0.1, -0.05) is 19.3 Å². The fraction of sp³-hybridized carbons (Fsp3) is 1.00. The van der Waals surface area contributed by atoms with E-state index in [-0.39, 0.29) is 0 Å². The van der Waals surface area contributed by atoms with Gasteiger partial charge < -0.3 is 10.6 Å². The standard InChI is InChI=1S/C16H30N2S/c1-19-16(9-5-10-16)12-18-15-7-3-2-6-13(15)14-8-4-11-17-14/h13-15,17-18H,2-12H2,1H3. The summed E-state index contributed by atoms with van der Waals surface area (Å²) in [7, 11) is 0. The molecule has 2 N–H and O–H groups in total. The van der Waals surface area contributed by atoms with Gasteiger partial charge in [-0.25, -0.2) is 0 Å². The first-order valence-electron chi connectivity index (χ1n) is 8.35. The molecule has 0 radical (unpaired) electrons. The summed E-state index contributed by atoms with van der Waals surface area (Å²) in [6.07, 6.45) is 15.2. The Hall–Kier alpha value is 0.270. The summed E-state index contributed by atoms with van der Waals surface area (Å²) in [5, 5.41) is 7.73. The third kappa shape index (κ3) is 3.14. The molecule has 1 saturated heterocycles. The third-order valence-corrected chi connectivity index (χ3v) is 7.24. The highest BCUT2D eigenvalue weighted by Crippen LogP contribution is 2.42. The van der Waals surface area contributed by atoms with Gasteiger partial charge in [0.15, 0.2) is 0 Å². The number of rotatable bonds is 5. The summed E-state index contributed by atoms with van der Waals surface area (Å²) in [5.74, 6) is 0.898. The van der Waals surface area contributed by atoms with E-state index in [1.165, 1.54) is 70.9 Å². The largest absolute Gasteiger partial charge is 0.314 e. The summed E-state index contributed by atoms with van der Waals surface area (Å²) in [6, 6.07) is 1.60. The number of nitrogens with one attached hydrogen (secondary N) is 2. The first kappa shape index (κ1) is 14.2. The lowest BCUT2D eigenvalue weighted by Gasteiger charge is -2.44. The molecule has 1 heterocycles. The van der Waals surface area contributed by atoms with Crippen molar-refractivity contribution in [2.24, 2.45) is 5.92 Å². The Bertz CT molecular complexity index is 279. The fourth-order valence-electron chi connectivity index (χ4n) is 4.31. The third-order valence-electron chi connectivity index (χ3n) is 5.82. The molecule has 2 saturated carbocycles. The minimum atomic E-state index is 0.588. The smallest absolute Gasteiger partial charge is 0.0281 e. The van der Waals surface area contributed by atoms with E-state index in [0.717, 1.165) is 18.0 Å². The average molecular weight is 282 g/mol. The Labute approximate surface area is 122 Å². The van der Waals surface area contributed by atoms with Crippen LogP contribution in [0.15, 0.2) is 0 Å². The van der Waals surface area contributed by atoms with E-state index in [2.05, 4.69) is 28.7 Å². The van der Waals surface area contributed by atoms with Crippen molar-refractivity contribution in [3.05, 3.63) is 0 Å². The zero-order valence-electron chi connectivity index (χ0n) is 12.4. The molecule has 0 aromatic heterocycles. The topological polar surface area (TPSA) is 24.1 Å². The zero-order chi connectivity index (χ0) is 13.1. The van der Waals surface area contributed by atoms with E-state index >= 15 is 0 Å². The van der Waals surface area contributed by atoms with Crippen LogP contribution in [0.25, 0.3) is 0 Å². The van der Waals surface area contributed by atoms with Gasteiger partial charge in [0.2, 0.25) is 0 Å². The molecule has 3 rings (SSSR count). The number of thioether (sulfide) groups is 1. The quantitative estimate of drug-likeness (QED) is 0.810. The highest BCUT2D eigenvalue weighted by atomic mass is 32.2. The Kier molecular flexibility index (Phi) is 4.76. The maximum atomic E-state index is 3.98. The maximum absolute atomic E-state index is 3.98. The van der Waals surface area contributed by atoms with Gasteiger partial charge in [-0.3, -0.25) is 0 Å². The van der Waals surface area contributed by atoms with Gasteiger partial charge in [-0.15, -0.1) is 0 Å². The molecule has 110 valence electrons. The minimum absolute atomic E-state index is 0.588. The van der Waals surface area contributed by atoms with E-state index in [1.54, 1.807) is 0 Å². The van der Waals surface area contributed by atoms with Crippen LogP contribution in [0, 0.1) is 5.92 Å². The van der Waals surface area contributed by atoms with Crippen molar-refractivity contribution >= 4 is 11.8 Å². The van der Waals surface area contributed by atoms with Gasteiger partial charge in [-0.05, 0) is 57.2 Å². The SMILES string of the molecule is CSC1(CNC2CCCCC2C2CCCN2)CCC1. The molecule has 3 aliphatic rings. The Balaban J connectivity index is 1.54. The fourth-order valence-corrected chi connectivity index (χ4v) is 5.24. The molecule has 1 aliphatic heterocycles. The van der Waals surface area contributed by atoms with Gasteiger partial charge in [-0.2, -0.15) is 11.8 Å². The lowest BCUT2D eigenvalue weighted by molar-refractivity contribution is 0.201. The highest BCUT2D eigenvalue weighted by Gasteiger charge is 2.38. The predicted octanol–water partition coefficient (Wildman–Crippen LogP) is 3.17. The molecule has 19 heavy (non-hydrogen) atoms. The lowest BCUT2D eigenvalue weighted by atomic mass is 9.78. The predicted molar refractivity (Wildman–Crippen MR) is 84.9 cm³/mol. The van der Waals surface area contributed by atoms with Crippen molar-refractivity contribution < 1.29 is 0 Å². The Morgan fingerprint density at radius 2 is 1.95 bits per heavy atom. The molecule has 3 atom stereocenters. The molecule has 3 heteroatoms. The van der Waals surface area contributed by atoms with Gasteiger partial charge in [0.25, 0.3) is 0 Å². The summed E-state index contributed by atoms with van der Waals surface area (Å²) in [4.78, 5) is 0. The van der Waals surface area contributed by atoms with Crippen LogP contribution >= 0.6 is 11.8 Å². The molecule has 2 aliphatic carbocycles. The molecular weight excluding hydrogens is 252 g/mol. The van der Waals surface area contributed by atoms with Crippen LogP contribution in [0.4, 0.5) is 0 Å². The van der Waals surface area contributed by atoms with Crippen LogP contribution in [0.3, 0.4) is 0 Å². The van der Waals surface area contributed by atoms with Crippen LogP contribution in [-0.2, 0) is 0 Å². The van der Waals surface area contributed by atoms with E-state index in [0.29, 0.717) is 4.75 Å². The highest BCUT2D eigenvalue weighted by molar-refractivity contribution is 8.00. The second-order valence-corrected chi connectivity index (χ2v) is 8.15. The second kappa shape index (κ2) is 6.36. The molecule has 2 nitrogen and oxygen atoms in total. The van der Waals surface area contributed by atoms with E-state index in [1.807, 2.05) is 0 Å². The van der Waals surface area contributed by atoms with Gasteiger partial charge in [0, 0.05) is 23.4 Å². The van der Waals surface area contributed by atoms with E-state index in [9.17, 15) is 0 Å². The van der Waals surface area contributed by atoms with Crippen LogP contribution in [0.2, 0.25) is 0 Å². The van der Waals surface area contributed by atoms with Crippen molar-refractivity contribution in [1.82, 2.24) is 10.6 Å². The van der Waals surface area contributed by atoms with E-state index in [4.69, 9.17) is 0 Å². The van der Waals surface area contributed by atoms with Crippen molar-refractivity contribution in [2.45, 2.75) is 74.6 Å². The molecule has 0 bridgehead atoms. The second-order valence-electron chi connectivity index (χ2n) is 6.88. The molecule has 3 unspecified atom stereocenters. The summed E-state index contributed by atoms with van der Waals surface area (Å²) in [5.41, 5.74) is 0. The molecule has 3 fully saturated rings. The van der Waals surface area contributed by atoms with Crippen LogP contribution in [-0.4, -0.2) is 36.2 Å². The van der Waals surface area contributed by atoms with E-state index < -0.39 is 0 Å². The van der Waals surface area contributed by atoms with Crippen LogP contribution < -0.4 is 10.6 Å². The number of hydrogen-bond donors (Lipinski definition) is 2. The number of hydrogen-bond acceptors (Lipinski definition) is 3. The van der Waals surface area contributed by atoms with Crippen LogP contribution in [0.1, 0.15) is 57.8 Å². The average Bonchev–Trinajstić information content (AvgIpc) is 2.92. The molecule has 0 spiro atoms. The summed E-state index contributed by atoms with van der Waals surface area (Å²) in [6.45, 7) is 2.50.